The Morgan fingerprint density at radius 3 is 2.70 bits per heavy atom. The Morgan fingerprint density at radius 1 is 1.24 bits per heavy atom. The van der Waals surface area contributed by atoms with Crippen LogP contribution < -0.4 is 15.0 Å². The Labute approximate surface area is 192 Å². The van der Waals surface area contributed by atoms with Crippen LogP contribution >= 0.6 is 0 Å². The summed E-state index contributed by atoms with van der Waals surface area (Å²) in [6.45, 7) is 4.57. The highest BCUT2D eigenvalue weighted by Gasteiger charge is 2.27. The predicted octanol–water partition coefficient (Wildman–Crippen LogP) is 3.24. The minimum Gasteiger partial charge on any atom is -0.486 e. The number of carbonyl (C=O) groups excluding carboxylic acids is 1. The van der Waals surface area contributed by atoms with E-state index in [0.717, 1.165) is 31.9 Å². The van der Waals surface area contributed by atoms with Crippen LogP contribution in [0, 0.1) is 17.6 Å². The largest absolute Gasteiger partial charge is 0.486 e. The summed E-state index contributed by atoms with van der Waals surface area (Å²) in [5.41, 5.74) is 1.05. The summed E-state index contributed by atoms with van der Waals surface area (Å²) in [7, 11) is 0. The van der Waals surface area contributed by atoms with Gasteiger partial charge in [-0.3, -0.25) is 4.79 Å². The predicted molar refractivity (Wildman–Crippen MR) is 120 cm³/mol. The smallest absolute Gasteiger partial charge is 0.245 e. The van der Waals surface area contributed by atoms with E-state index in [2.05, 4.69) is 15.3 Å². The molecular weight excluding hydrogens is 430 g/mol. The van der Waals surface area contributed by atoms with E-state index in [0.29, 0.717) is 42.6 Å². The zero-order valence-corrected chi connectivity index (χ0v) is 19.0. The fourth-order valence-corrected chi connectivity index (χ4v) is 4.72. The van der Waals surface area contributed by atoms with Crippen molar-refractivity contribution in [3.8, 4) is 17.0 Å². The first-order valence-corrected chi connectivity index (χ1v) is 11.5. The molecule has 9 heteroatoms. The fraction of sp³-hybridized carbons (Fsp3) is 0.542. The molecule has 33 heavy (non-hydrogen) atoms. The first-order valence-electron chi connectivity index (χ1n) is 11.5. The van der Waals surface area contributed by atoms with Crippen molar-refractivity contribution in [1.82, 2.24) is 15.3 Å². The molecule has 0 unspecified atom stereocenters. The fourth-order valence-electron chi connectivity index (χ4n) is 4.72. The van der Waals surface area contributed by atoms with Crippen LogP contribution in [-0.2, 0) is 11.2 Å². The quantitative estimate of drug-likeness (QED) is 0.688. The monoisotopic (exact) mass is 460 g/mol. The Morgan fingerprint density at radius 2 is 2.00 bits per heavy atom. The number of ether oxygens (including phenoxy) is 1. The maximum Gasteiger partial charge on any atom is 0.245 e. The summed E-state index contributed by atoms with van der Waals surface area (Å²) in [5.74, 6) is -0.459. The molecular formula is C24H30F2N4O3. The van der Waals surface area contributed by atoms with Crippen LogP contribution in [0.3, 0.4) is 0 Å². The van der Waals surface area contributed by atoms with E-state index in [-0.39, 0.29) is 29.4 Å². The summed E-state index contributed by atoms with van der Waals surface area (Å²) >= 11 is 0. The molecule has 0 atom stereocenters. The van der Waals surface area contributed by atoms with Crippen molar-refractivity contribution in [1.29, 1.82) is 0 Å². The molecule has 1 fully saturated rings. The third kappa shape index (κ3) is 5.24. The second-order valence-electron chi connectivity index (χ2n) is 9.07. The molecule has 1 aromatic carbocycles. The Hall–Kier alpha value is -2.81. The van der Waals surface area contributed by atoms with Gasteiger partial charge >= 0.3 is 0 Å². The number of anilines is 1. The van der Waals surface area contributed by atoms with Gasteiger partial charge in [0, 0.05) is 24.1 Å². The number of hydrogen-bond donors (Lipinski definition) is 2. The highest BCUT2D eigenvalue weighted by molar-refractivity contribution is 5.77. The van der Waals surface area contributed by atoms with Gasteiger partial charge in [-0.25, -0.2) is 18.7 Å². The molecule has 4 rings (SSSR count). The summed E-state index contributed by atoms with van der Waals surface area (Å²) in [6.07, 6.45) is 5.11. The summed E-state index contributed by atoms with van der Waals surface area (Å²) in [6, 6.07) is 3.22. The van der Waals surface area contributed by atoms with Gasteiger partial charge in [0.2, 0.25) is 5.91 Å². The van der Waals surface area contributed by atoms with Crippen LogP contribution in [-0.4, -0.2) is 52.8 Å². The molecule has 1 amide bonds. The Kier molecular flexibility index (Phi) is 7.07. The second-order valence-corrected chi connectivity index (χ2v) is 9.07. The molecule has 2 N–H and O–H groups in total. The Balaban J connectivity index is 1.52. The minimum absolute atomic E-state index is 0.0650. The van der Waals surface area contributed by atoms with Crippen molar-refractivity contribution in [3.63, 3.8) is 0 Å². The maximum atomic E-state index is 14.8. The molecule has 2 aliphatic rings. The van der Waals surface area contributed by atoms with Gasteiger partial charge in [0.25, 0.3) is 0 Å². The van der Waals surface area contributed by atoms with E-state index in [4.69, 9.17) is 9.84 Å². The summed E-state index contributed by atoms with van der Waals surface area (Å²) in [4.78, 5) is 22.1. The first-order chi connectivity index (χ1) is 15.9. The SMILES string of the molecule is CC(C)N1CCOc2c(F)cc(-c3nc(CC4CCC(NC(=O)CO)CC4)ncc3F)cc21. The van der Waals surface area contributed by atoms with Crippen molar-refractivity contribution < 1.29 is 23.4 Å². The molecule has 7 nitrogen and oxygen atoms in total. The van der Waals surface area contributed by atoms with Crippen molar-refractivity contribution in [3.05, 3.63) is 35.8 Å². The van der Waals surface area contributed by atoms with Crippen LogP contribution in [0.15, 0.2) is 18.3 Å². The second kappa shape index (κ2) is 9.99. The van der Waals surface area contributed by atoms with Gasteiger partial charge in [0.15, 0.2) is 17.4 Å². The number of aliphatic hydroxyl groups excluding tert-OH is 1. The van der Waals surface area contributed by atoms with E-state index in [9.17, 15) is 13.6 Å². The van der Waals surface area contributed by atoms with Crippen molar-refractivity contribution in [2.24, 2.45) is 5.92 Å². The number of amides is 1. The topological polar surface area (TPSA) is 87.6 Å². The minimum atomic E-state index is -0.596. The molecule has 178 valence electrons. The average molecular weight is 461 g/mol. The van der Waals surface area contributed by atoms with Gasteiger partial charge in [-0.05, 0) is 57.6 Å². The van der Waals surface area contributed by atoms with Crippen LogP contribution in [0.5, 0.6) is 5.75 Å². The van der Waals surface area contributed by atoms with E-state index in [1.807, 2.05) is 18.7 Å². The number of aromatic nitrogens is 2. The number of fused-ring (bicyclic) bond motifs is 1. The average Bonchev–Trinajstić information content (AvgIpc) is 2.81. The third-order valence-electron chi connectivity index (χ3n) is 6.43. The number of halogens is 2. The van der Waals surface area contributed by atoms with E-state index in [1.54, 1.807) is 6.07 Å². The molecule has 2 aromatic rings. The van der Waals surface area contributed by atoms with Gasteiger partial charge in [0.1, 0.15) is 24.7 Å². The lowest BCUT2D eigenvalue weighted by molar-refractivity contribution is -0.124. The highest BCUT2D eigenvalue weighted by Crippen LogP contribution is 2.39. The first kappa shape index (κ1) is 23.4. The molecule has 0 spiro atoms. The molecule has 1 aliphatic heterocycles. The summed E-state index contributed by atoms with van der Waals surface area (Å²) < 4.78 is 35.1. The lowest BCUT2D eigenvalue weighted by Gasteiger charge is -2.34. The zero-order valence-electron chi connectivity index (χ0n) is 19.0. The molecule has 0 radical (unpaired) electrons. The van der Waals surface area contributed by atoms with Crippen molar-refractivity contribution >= 4 is 11.6 Å². The summed E-state index contributed by atoms with van der Waals surface area (Å²) in [5, 5.41) is 11.7. The van der Waals surface area contributed by atoms with Gasteiger partial charge in [-0.1, -0.05) is 0 Å². The van der Waals surface area contributed by atoms with Crippen LogP contribution in [0.25, 0.3) is 11.3 Å². The number of hydrogen-bond acceptors (Lipinski definition) is 6. The standard InChI is InChI=1S/C24H30F2N4O3/c1-14(2)30-7-8-33-24-18(25)10-16(11-20(24)30)23-19(26)12-27-21(29-23)9-15-3-5-17(6-4-15)28-22(32)13-31/h10-12,14-15,17,31H,3-9,13H2,1-2H3,(H,28,32). The third-order valence-corrected chi connectivity index (χ3v) is 6.43. The normalized spacial score (nSPS) is 20.4. The molecule has 1 aliphatic carbocycles. The number of benzene rings is 1. The number of rotatable bonds is 6. The zero-order chi connectivity index (χ0) is 23.5. The van der Waals surface area contributed by atoms with Crippen LogP contribution in [0.4, 0.5) is 14.5 Å². The molecule has 0 saturated heterocycles. The maximum absolute atomic E-state index is 14.8. The van der Waals surface area contributed by atoms with E-state index < -0.39 is 18.2 Å². The van der Waals surface area contributed by atoms with Gasteiger partial charge in [-0.15, -0.1) is 0 Å². The molecule has 1 saturated carbocycles. The molecule has 1 aromatic heterocycles. The van der Waals surface area contributed by atoms with Crippen LogP contribution in [0.1, 0.15) is 45.4 Å². The van der Waals surface area contributed by atoms with Crippen molar-refractivity contribution in [2.45, 2.75) is 58.0 Å². The van der Waals surface area contributed by atoms with E-state index in [1.165, 1.54) is 6.07 Å². The number of aliphatic hydroxyl groups is 1. The van der Waals surface area contributed by atoms with Gasteiger partial charge in [-0.2, -0.15) is 0 Å². The highest BCUT2D eigenvalue weighted by atomic mass is 19.1. The number of nitrogens with zero attached hydrogens (tertiary/aromatic N) is 3. The lowest BCUT2D eigenvalue weighted by Crippen LogP contribution is -2.39. The molecule has 0 bridgehead atoms. The molecule has 2 heterocycles. The number of nitrogens with one attached hydrogen (secondary N) is 1. The van der Waals surface area contributed by atoms with Gasteiger partial charge < -0.3 is 20.1 Å². The lowest BCUT2D eigenvalue weighted by atomic mass is 9.84. The van der Waals surface area contributed by atoms with E-state index >= 15 is 0 Å². The van der Waals surface area contributed by atoms with Crippen molar-refractivity contribution in [2.75, 3.05) is 24.7 Å². The Bertz CT molecular complexity index is 1010. The number of carbonyl (C=O) groups is 1. The van der Waals surface area contributed by atoms with Gasteiger partial charge in [0.05, 0.1) is 18.4 Å². The van der Waals surface area contributed by atoms with Crippen LogP contribution in [0.2, 0.25) is 0 Å².